The van der Waals surface area contributed by atoms with Gasteiger partial charge in [0.15, 0.2) is 0 Å². The number of alkyl halides is 2. The molecule has 1 aromatic heterocycles. The molecule has 2 aromatic rings. The summed E-state index contributed by atoms with van der Waals surface area (Å²) in [6, 6.07) is 8.21. The van der Waals surface area contributed by atoms with Crippen molar-refractivity contribution in [2.75, 3.05) is 11.8 Å². The topological polar surface area (TPSA) is 12.9 Å². The van der Waals surface area contributed by atoms with Gasteiger partial charge in [0.2, 0.25) is 0 Å². The van der Waals surface area contributed by atoms with Crippen LogP contribution in [0, 0.1) is 6.92 Å². The van der Waals surface area contributed by atoms with Gasteiger partial charge in [-0.1, -0.05) is 28.1 Å². The van der Waals surface area contributed by atoms with Gasteiger partial charge in [-0.15, -0.1) is 34.5 Å². The minimum absolute atomic E-state index is 0.244. The van der Waals surface area contributed by atoms with Crippen LogP contribution in [0.5, 0.6) is 0 Å². The van der Waals surface area contributed by atoms with Crippen molar-refractivity contribution in [2.45, 2.75) is 18.8 Å². The van der Waals surface area contributed by atoms with E-state index in [0.29, 0.717) is 11.8 Å². The first-order chi connectivity index (χ1) is 9.09. The molecule has 0 aliphatic heterocycles. The lowest BCUT2D eigenvalue weighted by Crippen LogP contribution is -2.33. The van der Waals surface area contributed by atoms with Gasteiger partial charge in [-0.2, -0.15) is 0 Å². The van der Waals surface area contributed by atoms with E-state index in [1.807, 2.05) is 25.3 Å². The van der Waals surface area contributed by atoms with Crippen molar-refractivity contribution in [1.82, 2.24) is 4.98 Å². The minimum Gasteiger partial charge on any atom is -0.250 e. The van der Waals surface area contributed by atoms with Crippen molar-refractivity contribution < 1.29 is 0 Å². The lowest BCUT2D eigenvalue weighted by atomic mass is 9.81. The molecule has 1 aromatic carbocycles. The van der Waals surface area contributed by atoms with Crippen LogP contribution in [0.25, 0.3) is 0 Å². The normalized spacial score (nSPS) is 11.8. The molecule has 0 unspecified atom stereocenters. The van der Waals surface area contributed by atoms with Gasteiger partial charge < -0.3 is 0 Å². The molecule has 1 heterocycles. The second kappa shape index (κ2) is 6.57. The number of rotatable bonds is 5. The van der Waals surface area contributed by atoms with Crippen molar-refractivity contribution in [1.29, 1.82) is 0 Å². The molecule has 0 amide bonds. The second-order valence-electron chi connectivity index (χ2n) is 4.58. The van der Waals surface area contributed by atoms with Crippen molar-refractivity contribution in [2.24, 2.45) is 0 Å². The molecule has 2 rings (SSSR count). The molecule has 5 heteroatoms. The summed E-state index contributed by atoms with van der Waals surface area (Å²) in [5.74, 6) is 0.980. The van der Waals surface area contributed by atoms with Crippen molar-refractivity contribution in [3.63, 3.8) is 0 Å². The van der Waals surface area contributed by atoms with Gasteiger partial charge in [0, 0.05) is 32.7 Å². The highest BCUT2D eigenvalue weighted by atomic mass is 79.9. The molecule has 1 nitrogen and oxygen atoms in total. The minimum atomic E-state index is -0.244. The number of aromatic nitrogens is 1. The largest absolute Gasteiger partial charge is 0.250 e. The summed E-state index contributed by atoms with van der Waals surface area (Å²) in [5.41, 5.74) is 0.921. The van der Waals surface area contributed by atoms with Crippen molar-refractivity contribution >= 4 is 50.5 Å². The Morgan fingerprint density at radius 2 is 2.05 bits per heavy atom. The summed E-state index contributed by atoms with van der Waals surface area (Å²) >= 11 is 17.7. The molecule has 102 valence electrons. The Balaban J connectivity index is 2.37. The molecule has 19 heavy (non-hydrogen) atoms. The van der Waals surface area contributed by atoms with E-state index >= 15 is 0 Å². The fourth-order valence-electron chi connectivity index (χ4n) is 2.03. The first-order valence-corrected chi connectivity index (χ1v) is 8.57. The van der Waals surface area contributed by atoms with E-state index in [1.54, 1.807) is 11.3 Å². The fourth-order valence-corrected chi connectivity index (χ4v) is 4.15. The molecular weight excluding hydrogens is 365 g/mol. The van der Waals surface area contributed by atoms with E-state index in [-0.39, 0.29) is 5.41 Å². The molecule has 0 saturated carbocycles. The van der Waals surface area contributed by atoms with Crippen LogP contribution in [-0.4, -0.2) is 16.7 Å². The number of aryl methyl sites for hydroxylation is 1. The van der Waals surface area contributed by atoms with Crippen molar-refractivity contribution in [3.05, 3.63) is 50.4 Å². The van der Waals surface area contributed by atoms with E-state index in [2.05, 4.69) is 33.0 Å². The number of hydrogen-bond donors (Lipinski definition) is 0. The number of nitrogens with zero attached hydrogens (tertiary/aromatic N) is 1. The Bertz CT molecular complexity index is 552. The standard InChI is InChI=1S/C14H14BrCl2NS/c1-10-18-7-13(19-10)6-14(8-16,9-17)11-3-2-4-12(15)5-11/h2-5,7H,6,8-9H2,1H3. The number of halogens is 3. The molecule has 0 saturated heterocycles. The fraction of sp³-hybridized carbons (Fsp3) is 0.357. The third-order valence-corrected chi connectivity index (χ3v) is 5.56. The lowest BCUT2D eigenvalue weighted by molar-refractivity contribution is 0.540. The molecule has 0 atom stereocenters. The Labute approximate surface area is 136 Å². The highest BCUT2D eigenvalue weighted by Gasteiger charge is 2.31. The Hall–Kier alpha value is -0.0900. The predicted octanol–water partition coefficient (Wildman–Crippen LogP) is 5.17. The van der Waals surface area contributed by atoms with E-state index in [1.165, 1.54) is 4.88 Å². The van der Waals surface area contributed by atoms with Gasteiger partial charge in [-0.25, -0.2) is 4.98 Å². The average molecular weight is 379 g/mol. The number of hydrogen-bond acceptors (Lipinski definition) is 2. The number of thiazole rings is 1. The van der Waals surface area contributed by atoms with Crippen LogP contribution in [0.2, 0.25) is 0 Å². The van der Waals surface area contributed by atoms with Crippen LogP contribution in [0.3, 0.4) is 0 Å². The van der Waals surface area contributed by atoms with E-state index in [9.17, 15) is 0 Å². The molecule has 0 fully saturated rings. The first-order valence-electron chi connectivity index (χ1n) is 5.89. The van der Waals surface area contributed by atoms with E-state index in [4.69, 9.17) is 23.2 Å². The maximum absolute atomic E-state index is 6.25. The molecular formula is C14H14BrCl2NS. The quantitative estimate of drug-likeness (QED) is 0.653. The van der Waals surface area contributed by atoms with Gasteiger partial charge in [-0.3, -0.25) is 0 Å². The SMILES string of the molecule is Cc1ncc(CC(CCl)(CCl)c2cccc(Br)c2)s1. The van der Waals surface area contributed by atoms with Gasteiger partial charge in [0.25, 0.3) is 0 Å². The van der Waals surface area contributed by atoms with Crippen LogP contribution < -0.4 is 0 Å². The first kappa shape index (κ1) is 15.3. The summed E-state index contributed by atoms with van der Waals surface area (Å²) in [6.45, 7) is 2.01. The summed E-state index contributed by atoms with van der Waals surface area (Å²) in [4.78, 5) is 5.52. The Morgan fingerprint density at radius 3 is 2.58 bits per heavy atom. The Morgan fingerprint density at radius 1 is 1.32 bits per heavy atom. The predicted molar refractivity (Wildman–Crippen MR) is 87.8 cm³/mol. The van der Waals surface area contributed by atoms with Crippen LogP contribution in [0.4, 0.5) is 0 Å². The molecule has 0 N–H and O–H groups in total. The van der Waals surface area contributed by atoms with Crippen molar-refractivity contribution in [3.8, 4) is 0 Å². The highest BCUT2D eigenvalue weighted by molar-refractivity contribution is 9.10. The zero-order valence-electron chi connectivity index (χ0n) is 10.5. The van der Waals surface area contributed by atoms with Gasteiger partial charge >= 0.3 is 0 Å². The molecule has 0 aliphatic carbocycles. The summed E-state index contributed by atoms with van der Waals surface area (Å²) < 4.78 is 1.05. The zero-order valence-corrected chi connectivity index (χ0v) is 14.4. The maximum Gasteiger partial charge on any atom is 0.0896 e. The second-order valence-corrected chi connectivity index (χ2v) is 7.35. The van der Waals surface area contributed by atoms with Crippen LogP contribution >= 0.6 is 50.5 Å². The average Bonchev–Trinajstić information content (AvgIpc) is 2.81. The van der Waals surface area contributed by atoms with Crippen LogP contribution in [0.15, 0.2) is 34.9 Å². The maximum atomic E-state index is 6.25. The third-order valence-electron chi connectivity index (χ3n) is 3.13. The van der Waals surface area contributed by atoms with Gasteiger partial charge in [0.1, 0.15) is 0 Å². The number of benzene rings is 1. The summed E-state index contributed by atoms with van der Waals surface area (Å²) in [5, 5.41) is 1.07. The molecule has 0 spiro atoms. The van der Waals surface area contributed by atoms with Crippen LogP contribution in [0.1, 0.15) is 15.4 Å². The van der Waals surface area contributed by atoms with E-state index < -0.39 is 0 Å². The molecule has 0 aliphatic rings. The lowest BCUT2D eigenvalue weighted by Gasteiger charge is -2.30. The molecule has 0 radical (unpaired) electrons. The zero-order chi connectivity index (χ0) is 13.9. The monoisotopic (exact) mass is 377 g/mol. The summed E-state index contributed by atoms with van der Waals surface area (Å²) in [7, 11) is 0. The highest BCUT2D eigenvalue weighted by Crippen LogP contribution is 2.34. The van der Waals surface area contributed by atoms with Crippen LogP contribution in [-0.2, 0) is 11.8 Å². The summed E-state index contributed by atoms with van der Waals surface area (Å²) in [6.07, 6.45) is 2.74. The Kier molecular flexibility index (Phi) is 5.29. The molecule has 0 bridgehead atoms. The van der Waals surface area contributed by atoms with Gasteiger partial charge in [0.05, 0.1) is 5.01 Å². The van der Waals surface area contributed by atoms with Gasteiger partial charge in [-0.05, 0) is 31.0 Å². The third kappa shape index (κ3) is 3.52. The van der Waals surface area contributed by atoms with E-state index in [0.717, 1.165) is 21.5 Å². The smallest absolute Gasteiger partial charge is 0.0896 e.